The number of nitrogens with one attached hydrogen (secondary N) is 3. The minimum Gasteiger partial charge on any atom is -0.391 e. The molecule has 0 radical (unpaired) electrons. The van der Waals surface area contributed by atoms with Gasteiger partial charge >= 0.3 is 6.09 Å². The second-order valence-electron chi connectivity index (χ2n) is 9.78. The van der Waals surface area contributed by atoms with Crippen molar-refractivity contribution in [2.45, 2.75) is 64.6 Å². The molecule has 1 fully saturated rings. The molecule has 35 heavy (non-hydrogen) atoms. The lowest BCUT2D eigenvalue weighted by Crippen LogP contribution is -2.50. The van der Waals surface area contributed by atoms with Crippen LogP contribution in [0.25, 0.3) is 5.65 Å². The number of aromatic nitrogens is 3. The number of piperidine rings is 1. The van der Waals surface area contributed by atoms with Gasteiger partial charge < -0.3 is 20.7 Å². The van der Waals surface area contributed by atoms with E-state index in [1.807, 2.05) is 0 Å². The molecule has 0 spiro atoms. The SMILES string of the molecule is CC(C)c1cnn2c(OC(=O)NCc3cccc([N+](=O)[O-])c3)cc(N[C@H]3CCC(C)(C)NC3)nc12. The summed E-state index contributed by atoms with van der Waals surface area (Å²) in [4.78, 5) is 27.9. The number of ether oxygens (including phenoxy) is 1. The van der Waals surface area contributed by atoms with Crippen molar-refractivity contribution in [3.63, 3.8) is 0 Å². The Morgan fingerprint density at radius 3 is 2.86 bits per heavy atom. The van der Waals surface area contributed by atoms with Gasteiger partial charge in [-0.05, 0) is 38.2 Å². The molecule has 11 nitrogen and oxygen atoms in total. The van der Waals surface area contributed by atoms with E-state index in [4.69, 9.17) is 9.72 Å². The molecule has 1 aromatic carbocycles. The summed E-state index contributed by atoms with van der Waals surface area (Å²) in [5.41, 5.74) is 2.22. The van der Waals surface area contributed by atoms with Crippen molar-refractivity contribution in [3.8, 4) is 5.88 Å². The van der Waals surface area contributed by atoms with E-state index >= 15 is 0 Å². The highest BCUT2D eigenvalue weighted by Crippen LogP contribution is 2.27. The van der Waals surface area contributed by atoms with Gasteiger partial charge in [-0.15, -0.1) is 0 Å². The number of rotatable bonds is 7. The topological polar surface area (TPSA) is 136 Å². The predicted octanol–water partition coefficient (Wildman–Crippen LogP) is 3.99. The van der Waals surface area contributed by atoms with Crippen molar-refractivity contribution < 1.29 is 14.5 Å². The number of hydrogen-bond acceptors (Lipinski definition) is 8. The van der Waals surface area contributed by atoms with Gasteiger partial charge in [0.05, 0.1) is 11.1 Å². The van der Waals surface area contributed by atoms with Crippen LogP contribution in [0.5, 0.6) is 5.88 Å². The number of non-ortho nitro benzene ring substituents is 1. The van der Waals surface area contributed by atoms with Crippen LogP contribution in [0.2, 0.25) is 0 Å². The van der Waals surface area contributed by atoms with Crippen LogP contribution >= 0.6 is 0 Å². The van der Waals surface area contributed by atoms with Crippen molar-refractivity contribution >= 4 is 23.2 Å². The first-order valence-corrected chi connectivity index (χ1v) is 11.7. The third-order valence-corrected chi connectivity index (χ3v) is 6.14. The van der Waals surface area contributed by atoms with Crippen LogP contribution < -0.4 is 20.7 Å². The molecule has 186 valence electrons. The number of carbonyl (C=O) groups excluding carboxylic acids is 1. The molecule has 4 rings (SSSR count). The number of fused-ring (bicyclic) bond motifs is 1. The van der Waals surface area contributed by atoms with Gasteiger partial charge in [0.2, 0.25) is 5.88 Å². The lowest BCUT2D eigenvalue weighted by atomic mass is 9.91. The Morgan fingerprint density at radius 2 is 2.17 bits per heavy atom. The first-order chi connectivity index (χ1) is 16.6. The van der Waals surface area contributed by atoms with Crippen LogP contribution in [0.3, 0.4) is 0 Å². The minimum absolute atomic E-state index is 0.0393. The van der Waals surface area contributed by atoms with E-state index in [-0.39, 0.29) is 35.6 Å². The summed E-state index contributed by atoms with van der Waals surface area (Å²) < 4.78 is 7.11. The molecule has 1 aliphatic rings. The zero-order valence-corrected chi connectivity index (χ0v) is 20.4. The van der Waals surface area contributed by atoms with Crippen molar-refractivity contribution in [1.82, 2.24) is 25.2 Å². The fourth-order valence-electron chi connectivity index (χ4n) is 4.05. The average Bonchev–Trinajstić information content (AvgIpc) is 3.24. The number of anilines is 1. The van der Waals surface area contributed by atoms with Crippen LogP contribution in [0.15, 0.2) is 36.5 Å². The van der Waals surface area contributed by atoms with Gasteiger partial charge in [0, 0.05) is 48.4 Å². The Morgan fingerprint density at radius 1 is 1.37 bits per heavy atom. The van der Waals surface area contributed by atoms with Gasteiger partial charge in [-0.1, -0.05) is 26.0 Å². The lowest BCUT2D eigenvalue weighted by molar-refractivity contribution is -0.384. The third kappa shape index (κ3) is 5.86. The standard InChI is InChI=1S/C24H31N7O4/c1-15(2)19-14-27-30-21(35-23(32)25-12-16-6-5-7-18(10-16)31(33)34)11-20(29-22(19)30)28-17-8-9-24(3,4)26-13-17/h5-7,10-11,14-15,17,26H,8-9,12-13H2,1-4H3,(H,25,32)(H,28,29)/t17-/m0/s1. The Bertz CT molecular complexity index is 1230. The van der Waals surface area contributed by atoms with E-state index < -0.39 is 11.0 Å². The summed E-state index contributed by atoms with van der Waals surface area (Å²) in [6.07, 6.45) is 3.05. The van der Waals surface area contributed by atoms with Crippen LogP contribution in [0, 0.1) is 10.1 Å². The monoisotopic (exact) mass is 481 g/mol. The van der Waals surface area contributed by atoms with Crippen LogP contribution in [-0.4, -0.2) is 43.7 Å². The van der Waals surface area contributed by atoms with Gasteiger partial charge in [-0.25, -0.2) is 9.78 Å². The summed E-state index contributed by atoms with van der Waals surface area (Å²) in [5.74, 6) is 1.01. The highest BCUT2D eigenvalue weighted by Gasteiger charge is 2.26. The van der Waals surface area contributed by atoms with Crippen LogP contribution in [0.4, 0.5) is 16.3 Å². The predicted molar refractivity (Wildman–Crippen MR) is 132 cm³/mol. The maximum absolute atomic E-state index is 12.6. The van der Waals surface area contributed by atoms with E-state index in [2.05, 4.69) is 48.7 Å². The molecular formula is C24H31N7O4. The molecule has 2 aromatic heterocycles. The van der Waals surface area contributed by atoms with Gasteiger partial charge in [0.25, 0.3) is 5.69 Å². The molecule has 1 amide bonds. The van der Waals surface area contributed by atoms with Crippen molar-refractivity contribution in [1.29, 1.82) is 0 Å². The third-order valence-electron chi connectivity index (χ3n) is 6.14. The molecule has 0 aliphatic carbocycles. The second-order valence-corrected chi connectivity index (χ2v) is 9.78. The maximum atomic E-state index is 12.6. The first kappa shape index (κ1) is 24.4. The maximum Gasteiger partial charge on any atom is 0.414 e. The fraction of sp³-hybridized carbons (Fsp3) is 0.458. The largest absolute Gasteiger partial charge is 0.414 e. The van der Waals surface area contributed by atoms with Crippen molar-refractivity contribution in [3.05, 3.63) is 57.8 Å². The zero-order valence-electron chi connectivity index (χ0n) is 20.4. The number of nitro benzene ring substituents is 1. The van der Waals surface area contributed by atoms with Gasteiger partial charge in [-0.3, -0.25) is 10.1 Å². The number of nitro groups is 1. The molecule has 1 aliphatic heterocycles. The molecule has 0 bridgehead atoms. The minimum atomic E-state index is -0.697. The Labute approximate surface area is 203 Å². The Balaban J connectivity index is 1.52. The molecule has 11 heteroatoms. The van der Waals surface area contributed by atoms with Crippen molar-refractivity contribution in [2.24, 2.45) is 0 Å². The zero-order chi connectivity index (χ0) is 25.2. The average molecular weight is 482 g/mol. The normalized spacial score (nSPS) is 17.3. The molecule has 0 saturated carbocycles. The summed E-state index contributed by atoms with van der Waals surface area (Å²) in [7, 11) is 0. The van der Waals surface area contributed by atoms with E-state index in [1.54, 1.807) is 24.4 Å². The van der Waals surface area contributed by atoms with Gasteiger partial charge in [0.1, 0.15) is 5.82 Å². The summed E-state index contributed by atoms with van der Waals surface area (Å²) in [6.45, 7) is 9.37. The van der Waals surface area contributed by atoms with Crippen molar-refractivity contribution in [2.75, 3.05) is 11.9 Å². The van der Waals surface area contributed by atoms with Gasteiger partial charge in [0.15, 0.2) is 5.65 Å². The van der Waals surface area contributed by atoms with Crippen LogP contribution in [-0.2, 0) is 6.54 Å². The Hall–Kier alpha value is -3.73. The van der Waals surface area contributed by atoms with Gasteiger partial charge in [-0.2, -0.15) is 9.61 Å². The molecule has 1 atom stereocenters. The van der Waals surface area contributed by atoms with E-state index in [9.17, 15) is 14.9 Å². The number of nitrogens with zero attached hydrogens (tertiary/aromatic N) is 4. The fourth-order valence-corrected chi connectivity index (χ4v) is 4.05. The van der Waals surface area contributed by atoms with E-state index in [1.165, 1.54) is 16.6 Å². The molecule has 3 aromatic rings. The smallest absolute Gasteiger partial charge is 0.391 e. The van der Waals surface area contributed by atoms with E-state index in [0.29, 0.717) is 17.0 Å². The quantitative estimate of drug-likeness (QED) is 0.340. The number of hydrogen-bond donors (Lipinski definition) is 3. The lowest BCUT2D eigenvalue weighted by Gasteiger charge is -2.36. The first-order valence-electron chi connectivity index (χ1n) is 11.7. The molecule has 0 unspecified atom stereocenters. The number of amides is 1. The Kier molecular flexibility index (Phi) is 6.88. The number of benzene rings is 1. The molecule has 1 saturated heterocycles. The van der Waals surface area contributed by atoms with E-state index in [0.717, 1.165) is 24.9 Å². The highest BCUT2D eigenvalue weighted by molar-refractivity contribution is 5.71. The summed E-state index contributed by atoms with van der Waals surface area (Å²) in [5, 5.41) is 25.0. The highest BCUT2D eigenvalue weighted by atomic mass is 16.6. The molecular weight excluding hydrogens is 450 g/mol. The molecule has 3 heterocycles. The summed E-state index contributed by atoms with van der Waals surface area (Å²) >= 11 is 0. The number of carbonyl (C=O) groups is 1. The second kappa shape index (κ2) is 9.87. The summed E-state index contributed by atoms with van der Waals surface area (Å²) in [6, 6.07) is 7.94. The molecule has 3 N–H and O–H groups in total. The van der Waals surface area contributed by atoms with Crippen LogP contribution in [0.1, 0.15) is 57.6 Å².